The molecule has 2 rings (SSSR count). The molecule has 1 heterocycles. The van der Waals surface area contributed by atoms with Crippen LogP contribution in [0.3, 0.4) is 0 Å². The van der Waals surface area contributed by atoms with E-state index in [1.807, 2.05) is 11.0 Å². The second-order valence-electron chi connectivity index (χ2n) is 5.04. The van der Waals surface area contributed by atoms with Crippen LogP contribution in [0.25, 0.3) is 0 Å². The average molecular weight is 284 g/mol. The Labute approximate surface area is 120 Å². The van der Waals surface area contributed by atoms with Crippen LogP contribution in [0, 0.1) is 5.92 Å². The van der Waals surface area contributed by atoms with E-state index in [4.69, 9.17) is 5.73 Å². The van der Waals surface area contributed by atoms with Gasteiger partial charge in [-0.25, -0.2) is 0 Å². The number of nitrogens with two attached hydrogens (primary N) is 1. The van der Waals surface area contributed by atoms with Crippen LogP contribution in [-0.4, -0.2) is 28.9 Å². The van der Waals surface area contributed by atoms with Gasteiger partial charge >= 0.3 is 0 Å². The van der Waals surface area contributed by atoms with Crippen LogP contribution in [0.1, 0.15) is 31.9 Å². The molecule has 0 atom stereocenters. The van der Waals surface area contributed by atoms with Gasteiger partial charge in [0.15, 0.2) is 0 Å². The Balaban J connectivity index is 0.00000180. The molecule has 4 nitrogen and oxygen atoms in total. The van der Waals surface area contributed by atoms with Crippen molar-refractivity contribution in [2.24, 2.45) is 5.92 Å². The molecule has 0 radical (unpaired) electrons. The molecule has 1 aliphatic rings. The Morgan fingerprint density at radius 1 is 1.47 bits per heavy atom. The van der Waals surface area contributed by atoms with Gasteiger partial charge in [-0.1, -0.05) is 6.92 Å². The maximum Gasteiger partial charge on any atom is 0.228 e. The first-order valence-electron chi connectivity index (χ1n) is 6.67. The Morgan fingerprint density at radius 2 is 2.21 bits per heavy atom. The number of nitrogens with zero attached hydrogens (tertiary/aromatic N) is 2. The highest BCUT2D eigenvalue weighted by Crippen LogP contribution is 2.29. The molecule has 0 unspecified atom stereocenters. The first-order valence-corrected chi connectivity index (χ1v) is 6.67. The molecule has 1 aromatic heterocycles. The lowest BCUT2D eigenvalue weighted by Gasteiger charge is -2.21. The third-order valence-corrected chi connectivity index (χ3v) is 3.20. The molecule has 1 amide bonds. The number of nitrogen functional groups attached to an aromatic ring is 1. The number of carbonyl (C=O) groups excluding carboxylic acids is 1. The van der Waals surface area contributed by atoms with E-state index in [2.05, 4.69) is 11.9 Å². The van der Waals surface area contributed by atoms with Crippen molar-refractivity contribution < 1.29 is 4.79 Å². The molecular weight excluding hydrogens is 262 g/mol. The number of carbonyl (C=O) groups is 1. The Kier molecular flexibility index (Phi) is 6.09. The average Bonchev–Trinajstić information content (AvgIpc) is 3.15. The third-order valence-electron chi connectivity index (χ3n) is 3.20. The molecule has 0 spiro atoms. The van der Waals surface area contributed by atoms with Gasteiger partial charge in [0.05, 0.1) is 18.3 Å². The number of rotatable bonds is 6. The zero-order chi connectivity index (χ0) is 13.0. The standard InChI is InChI=1S/C14H21N3O.ClH/c1-2-7-17(10-11-3-4-11)14(18)8-13-6-5-12(15)9-16-13;/h5-6,9,11H,2-4,7-8,10,15H2,1H3;1H. The first kappa shape index (κ1) is 15.8. The van der Waals surface area contributed by atoms with Crippen molar-refractivity contribution in [3.8, 4) is 0 Å². The van der Waals surface area contributed by atoms with Gasteiger partial charge in [-0.15, -0.1) is 12.4 Å². The fourth-order valence-corrected chi connectivity index (χ4v) is 2.01. The van der Waals surface area contributed by atoms with Crippen molar-refractivity contribution in [3.63, 3.8) is 0 Å². The zero-order valence-corrected chi connectivity index (χ0v) is 12.2. The molecule has 0 aliphatic heterocycles. The van der Waals surface area contributed by atoms with Crippen LogP contribution in [0.2, 0.25) is 0 Å². The highest BCUT2D eigenvalue weighted by Gasteiger charge is 2.26. The number of hydrogen-bond acceptors (Lipinski definition) is 3. The molecule has 5 heteroatoms. The number of pyridine rings is 1. The molecule has 106 valence electrons. The van der Waals surface area contributed by atoms with Gasteiger partial charge in [-0.05, 0) is 37.3 Å². The summed E-state index contributed by atoms with van der Waals surface area (Å²) in [5, 5.41) is 0. The summed E-state index contributed by atoms with van der Waals surface area (Å²) in [6.45, 7) is 3.88. The molecule has 0 saturated heterocycles. The maximum absolute atomic E-state index is 12.2. The summed E-state index contributed by atoms with van der Waals surface area (Å²) < 4.78 is 0. The van der Waals surface area contributed by atoms with E-state index in [1.54, 1.807) is 12.3 Å². The second kappa shape index (κ2) is 7.34. The predicted molar refractivity (Wildman–Crippen MR) is 79.2 cm³/mol. The van der Waals surface area contributed by atoms with E-state index in [1.165, 1.54) is 12.8 Å². The molecule has 0 bridgehead atoms. The van der Waals surface area contributed by atoms with Crippen LogP contribution in [0.5, 0.6) is 0 Å². The summed E-state index contributed by atoms with van der Waals surface area (Å²) in [6.07, 6.45) is 5.54. The summed E-state index contributed by atoms with van der Waals surface area (Å²) in [5.74, 6) is 0.917. The Morgan fingerprint density at radius 3 is 2.74 bits per heavy atom. The zero-order valence-electron chi connectivity index (χ0n) is 11.3. The maximum atomic E-state index is 12.2. The highest BCUT2D eigenvalue weighted by molar-refractivity contribution is 5.85. The van der Waals surface area contributed by atoms with Gasteiger partial charge in [0.1, 0.15) is 0 Å². The summed E-state index contributed by atoms with van der Waals surface area (Å²) in [7, 11) is 0. The summed E-state index contributed by atoms with van der Waals surface area (Å²) in [4.78, 5) is 18.4. The molecule has 1 fully saturated rings. The predicted octanol–water partition coefficient (Wildman–Crippen LogP) is 2.28. The number of amides is 1. The summed E-state index contributed by atoms with van der Waals surface area (Å²) >= 11 is 0. The molecule has 2 N–H and O–H groups in total. The lowest BCUT2D eigenvalue weighted by molar-refractivity contribution is -0.130. The summed E-state index contributed by atoms with van der Waals surface area (Å²) in [5.41, 5.74) is 7.01. The van der Waals surface area contributed by atoms with E-state index in [0.29, 0.717) is 12.1 Å². The number of anilines is 1. The van der Waals surface area contributed by atoms with Gasteiger partial charge in [0, 0.05) is 18.8 Å². The number of aromatic nitrogens is 1. The van der Waals surface area contributed by atoms with Crippen LogP contribution >= 0.6 is 12.4 Å². The van der Waals surface area contributed by atoms with Crippen molar-refractivity contribution >= 4 is 24.0 Å². The Hall–Kier alpha value is -1.29. The van der Waals surface area contributed by atoms with Gasteiger partial charge < -0.3 is 10.6 Å². The van der Waals surface area contributed by atoms with Crippen LogP contribution in [0.15, 0.2) is 18.3 Å². The fraction of sp³-hybridized carbons (Fsp3) is 0.571. The van der Waals surface area contributed by atoms with Gasteiger partial charge in [-0.2, -0.15) is 0 Å². The quantitative estimate of drug-likeness (QED) is 0.871. The van der Waals surface area contributed by atoms with E-state index < -0.39 is 0 Å². The first-order chi connectivity index (χ1) is 8.69. The van der Waals surface area contributed by atoms with Crippen LogP contribution < -0.4 is 5.73 Å². The number of hydrogen-bond donors (Lipinski definition) is 1. The molecule has 1 saturated carbocycles. The van der Waals surface area contributed by atoms with E-state index in [-0.39, 0.29) is 18.3 Å². The van der Waals surface area contributed by atoms with Crippen molar-refractivity contribution in [2.45, 2.75) is 32.6 Å². The van der Waals surface area contributed by atoms with Crippen molar-refractivity contribution in [1.82, 2.24) is 9.88 Å². The molecule has 19 heavy (non-hydrogen) atoms. The SMILES string of the molecule is CCCN(CC1CC1)C(=O)Cc1ccc(N)cn1.Cl. The van der Waals surface area contributed by atoms with Crippen molar-refractivity contribution in [3.05, 3.63) is 24.0 Å². The van der Waals surface area contributed by atoms with Gasteiger partial charge in [0.2, 0.25) is 5.91 Å². The molecule has 1 aromatic rings. The van der Waals surface area contributed by atoms with Crippen LogP contribution in [-0.2, 0) is 11.2 Å². The van der Waals surface area contributed by atoms with Crippen molar-refractivity contribution in [1.29, 1.82) is 0 Å². The molecular formula is C14H22ClN3O. The normalized spacial score (nSPS) is 13.7. The largest absolute Gasteiger partial charge is 0.397 e. The lowest BCUT2D eigenvalue weighted by Crippen LogP contribution is -2.34. The topological polar surface area (TPSA) is 59.2 Å². The monoisotopic (exact) mass is 283 g/mol. The Bertz CT molecular complexity index is 404. The highest BCUT2D eigenvalue weighted by atomic mass is 35.5. The molecule has 0 aromatic carbocycles. The van der Waals surface area contributed by atoms with Crippen molar-refractivity contribution in [2.75, 3.05) is 18.8 Å². The lowest BCUT2D eigenvalue weighted by atomic mass is 10.2. The van der Waals surface area contributed by atoms with E-state index >= 15 is 0 Å². The minimum Gasteiger partial charge on any atom is -0.397 e. The number of halogens is 1. The molecule has 1 aliphatic carbocycles. The minimum atomic E-state index is 0. The van der Waals surface area contributed by atoms with E-state index in [9.17, 15) is 4.79 Å². The fourth-order valence-electron chi connectivity index (χ4n) is 2.01. The third kappa shape index (κ3) is 5.07. The van der Waals surface area contributed by atoms with Crippen LogP contribution in [0.4, 0.5) is 5.69 Å². The van der Waals surface area contributed by atoms with Gasteiger partial charge in [0.25, 0.3) is 0 Å². The van der Waals surface area contributed by atoms with Gasteiger partial charge in [-0.3, -0.25) is 9.78 Å². The van der Waals surface area contributed by atoms with E-state index in [0.717, 1.165) is 31.1 Å². The second-order valence-corrected chi connectivity index (χ2v) is 5.04. The minimum absolute atomic E-state index is 0. The smallest absolute Gasteiger partial charge is 0.228 e. The summed E-state index contributed by atoms with van der Waals surface area (Å²) in [6, 6.07) is 3.62.